The Bertz CT molecular complexity index is 1040. The van der Waals surface area contributed by atoms with Crippen LogP contribution in [0.5, 0.6) is 0 Å². The van der Waals surface area contributed by atoms with E-state index in [1.807, 2.05) is 18.5 Å². The molecule has 32 heavy (non-hydrogen) atoms. The lowest BCUT2D eigenvalue weighted by atomic mass is 9.84. The first-order chi connectivity index (χ1) is 15.3. The molecule has 2 unspecified atom stereocenters. The number of amides is 1. The Labute approximate surface area is 191 Å². The van der Waals surface area contributed by atoms with E-state index in [9.17, 15) is 4.79 Å². The summed E-state index contributed by atoms with van der Waals surface area (Å²) in [7, 11) is 0. The highest BCUT2D eigenvalue weighted by Crippen LogP contribution is 2.44. The van der Waals surface area contributed by atoms with Gasteiger partial charge in [0.1, 0.15) is 5.82 Å². The van der Waals surface area contributed by atoms with Crippen LogP contribution in [0, 0.1) is 11.3 Å². The number of nitrogens with zero attached hydrogens (tertiary/aromatic N) is 2. The van der Waals surface area contributed by atoms with Crippen molar-refractivity contribution in [1.82, 2.24) is 4.98 Å². The van der Waals surface area contributed by atoms with Crippen molar-refractivity contribution in [2.75, 3.05) is 11.9 Å². The van der Waals surface area contributed by atoms with Gasteiger partial charge < -0.3 is 10.1 Å². The molecule has 0 bridgehead atoms. The summed E-state index contributed by atoms with van der Waals surface area (Å²) in [6.45, 7) is 9.29. The summed E-state index contributed by atoms with van der Waals surface area (Å²) >= 11 is 0. The smallest absolute Gasteiger partial charge is 0.228 e. The molecule has 1 aliphatic carbocycles. The number of hydrogen-bond acceptors (Lipinski definition) is 4. The van der Waals surface area contributed by atoms with Gasteiger partial charge in [0.15, 0.2) is 0 Å². The van der Waals surface area contributed by atoms with Crippen LogP contribution < -0.4 is 5.32 Å². The van der Waals surface area contributed by atoms with Crippen LogP contribution in [0.4, 0.5) is 5.82 Å². The van der Waals surface area contributed by atoms with Crippen LogP contribution in [0.2, 0.25) is 0 Å². The fraction of sp³-hybridized carbons (Fsp3) is 0.519. The number of hydrogen-bond donors (Lipinski definition) is 1. The van der Waals surface area contributed by atoms with Crippen molar-refractivity contribution in [3.05, 3.63) is 42.1 Å². The first-order valence-corrected chi connectivity index (χ1v) is 11.9. The predicted octanol–water partition coefficient (Wildman–Crippen LogP) is 6.04. The van der Waals surface area contributed by atoms with Crippen LogP contribution in [-0.4, -0.2) is 35.9 Å². The maximum Gasteiger partial charge on any atom is 0.228 e. The first-order valence-electron chi connectivity index (χ1n) is 11.9. The van der Waals surface area contributed by atoms with Crippen molar-refractivity contribution in [3.63, 3.8) is 0 Å². The molecule has 1 amide bonds. The number of allylic oxidation sites excluding steroid dienone is 1. The van der Waals surface area contributed by atoms with Crippen LogP contribution in [0.3, 0.4) is 0 Å². The van der Waals surface area contributed by atoms with Crippen LogP contribution in [-0.2, 0) is 9.53 Å². The van der Waals surface area contributed by atoms with Gasteiger partial charge in [0.2, 0.25) is 5.91 Å². The molecule has 0 spiro atoms. The minimum absolute atomic E-state index is 0.0356. The van der Waals surface area contributed by atoms with Gasteiger partial charge in [-0.2, -0.15) is 0 Å². The highest BCUT2D eigenvalue weighted by atomic mass is 16.5. The topological polar surface area (TPSA) is 63.6 Å². The predicted molar refractivity (Wildman–Crippen MR) is 132 cm³/mol. The number of carbonyl (C=O) groups is 1. The van der Waals surface area contributed by atoms with E-state index in [4.69, 9.17) is 4.74 Å². The quantitative estimate of drug-likeness (QED) is 0.579. The molecule has 1 N–H and O–H groups in total. The number of benzene rings is 1. The average molecular weight is 434 g/mol. The average Bonchev–Trinajstić information content (AvgIpc) is 3.16. The van der Waals surface area contributed by atoms with E-state index in [0.717, 1.165) is 60.6 Å². The highest BCUT2D eigenvalue weighted by Gasteiger charge is 2.38. The van der Waals surface area contributed by atoms with E-state index in [-0.39, 0.29) is 23.3 Å². The summed E-state index contributed by atoms with van der Waals surface area (Å²) in [6, 6.07) is 8.67. The molecule has 0 radical (unpaired) electrons. The van der Waals surface area contributed by atoms with Crippen molar-refractivity contribution < 1.29 is 9.53 Å². The number of rotatable bonds is 7. The Hall–Kier alpha value is -2.53. The van der Waals surface area contributed by atoms with Gasteiger partial charge in [-0.25, -0.2) is 4.98 Å². The molecule has 3 atom stereocenters. The summed E-state index contributed by atoms with van der Waals surface area (Å²) in [5.41, 5.74) is 2.47. The van der Waals surface area contributed by atoms with Gasteiger partial charge in [-0.3, -0.25) is 9.79 Å². The van der Waals surface area contributed by atoms with Crippen molar-refractivity contribution in [2.24, 2.45) is 16.3 Å². The number of dihydropyridines is 1. The van der Waals surface area contributed by atoms with E-state index in [1.54, 1.807) is 0 Å². The normalized spacial score (nSPS) is 25.3. The lowest BCUT2D eigenvalue weighted by Gasteiger charge is -2.24. The number of carbonyl (C=O) groups excluding carboxylic acids is 1. The number of nitrogens with one attached hydrogen (secondary N) is 1. The third kappa shape index (κ3) is 5.44. The summed E-state index contributed by atoms with van der Waals surface area (Å²) in [6.07, 6.45) is 11.2. The Morgan fingerprint density at radius 1 is 1.28 bits per heavy atom. The lowest BCUT2D eigenvalue weighted by molar-refractivity contribution is -0.120. The van der Waals surface area contributed by atoms with Crippen molar-refractivity contribution in [2.45, 2.75) is 71.9 Å². The van der Waals surface area contributed by atoms with Gasteiger partial charge in [-0.1, -0.05) is 25.1 Å². The Morgan fingerprint density at radius 3 is 2.88 bits per heavy atom. The fourth-order valence-corrected chi connectivity index (χ4v) is 4.74. The Kier molecular flexibility index (Phi) is 6.75. The van der Waals surface area contributed by atoms with Crippen LogP contribution in [0.15, 0.2) is 41.5 Å². The minimum Gasteiger partial charge on any atom is -0.379 e. The van der Waals surface area contributed by atoms with E-state index >= 15 is 0 Å². The zero-order valence-corrected chi connectivity index (χ0v) is 19.7. The summed E-state index contributed by atoms with van der Waals surface area (Å²) < 4.78 is 5.74. The number of anilines is 1. The Morgan fingerprint density at radius 2 is 2.12 bits per heavy atom. The first kappa shape index (κ1) is 22.7. The summed E-state index contributed by atoms with van der Waals surface area (Å²) in [5, 5.41) is 5.20. The zero-order valence-electron chi connectivity index (χ0n) is 19.7. The maximum absolute atomic E-state index is 13.0. The Balaban J connectivity index is 1.41. The molecule has 2 aliphatic rings. The molecule has 1 aromatic heterocycles. The molecule has 5 heteroatoms. The molecule has 0 saturated heterocycles. The largest absolute Gasteiger partial charge is 0.379 e. The highest BCUT2D eigenvalue weighted by molar-refractivity contribution is 6.11. The third-order valence-electron chi connectivity index (χ3n) is 6.82. The maximum atomic E-state index is 13.0. The second-order valence-corrected chi connectivity index (χ2v) is 10.1. The SMILES string of the molecule is CC1CC=C(c2ccc3cnc(NC(=O)C4CC[C@](C)(CCOC(C)C)C4)cc3c2)C=N1. The van der Waals surface area contributed by atoms with Gasteiger partial charge in [-0.05, 0) is 86.9 Å². The zero-order chi connectivity index (χ0) is 22.7. The van der Waals surface area contributed by atoms with Gasteiger partial charge in [0, 0.05) is 30.3 Å². The van der Waals surface area contributed by atoms with Crippen LogP contribution >= 0.6 is 0 Å². The standard InChI is InChI=1S/C27H35N3O2/c1-18(2)32-12-11-27(4)10-9-21(15-27)26(31)30-25-14-24-13-20(7-8-23(24)17-29-25)22-6-5-19(3)28-16-22/h6-8,13-14,16-19,21H,5,9-12,15H2,1-4H3,(H,29,30,31)/t19?,21?,27-/m1/s1. The molecule has 170 valence electrons. The van der Waals surface area contributed by atoms with Gasteiger partial charge in [-0.15, -0.1) is 0 Å². The van der Waals surface area contributed by atoms with Gasteiger partial charge in [0.05, 0.1) is 12.1 Å². The molecule has 2 aromatic rings. The van der Waals surface area contributed by atoms with E-state index in [2.05, 4.69) is 67.3 Å². The number of aliphatic imine (C=N–C) groups is 1. The van der Waals surface area contributed by atoms with Gasteiger partial charge in [0.25, 0.3) is 0 Å². The second-order valence-electron chi connectivity index (χ2n) is 10.1. The second kappa shape index (κ2) is 9.53. The number of fused-ring (bicyclic) bond motifs is 1. The van der Waals surface area contributed by atoms with Crippen LogP contribution in [0.1, 0.15) is 65.4 Å². The van der Waals surface area contributed by atoms with Crippen LogP contribution in [0.25, 0.3) is 16.3 Å². The van der Waals surface area contributed by atoms with Gasteiger partial charge >= 0.3 is 0 Å². The molecule has 2 heterocycles. The number of pyridine rings is 1. The fourth-order valence-electron chi connectivity index (χ4n) is 4.74. The summed E-state index contributed by atoms with van der Waals surface area (Å²) in [4.78, 5) is 22.0. The molecular formula is C27H35N3O2. The van der Waals surface area contributed by atoms with Crippen molar-refractivity contribution in [3.8, 4) is 0 Å². The minimum atomic E-state index is 0.0356. The van der Waals surface area contributed by atoms with E-state index in [1.165, 1.54) is 0 Å². The number of aromatic nitrogens is 1. The molecule has 1 fully saturated rings. The van der Waals surface area contributed by atoms with E-state index < -0.39 is 0 Å². The summed E-state index contributed by atoms with van der Waals surface area (Å²) in [5.74, 6) is 0.738. The van der Waals surface area contributed by atoms with E-state index in [0.29, 0.717) is 11.9 Å². The third-order valence-corrected chi connectivity index (χ3v) is 6.82. The molecule has 1 aromatic carbocycles. The molecule has 5 nitrogen and oxygen atoms in total. The monoisotopic (exact) mass is 433 g/mol. The molecular weight excluding hydrogens is 398 g/mol. The molecule has 4 rings (SSSR count). The van der Waals surface area contributed by atoms with Crippen molar-refractivity contribution in [1.29, 1.82) is 0 Å². The van der Waals surface area contributed by atoms with Crippen molar-refractivity contribution >= 4 is 34.3 Å². The molecule has 1 saturated carbocycles. The lowest BCUT2D eigenvalue weighted by Crippen LogP contribution is -2.23. The molecule has 1 aliphatic heterocycles. The number of ether oxygens (including phenoxy) is 1.